The summed E-state index contributed by atoms with van der Waals surface area (Å²) in [6, 6.07) is 11.7. The molecule has 0 radical (unpaired) electrons. The second-order valence-electron chi connectivity index (χ2n) is 10.9. The van der Waals surface area contributed by atoms with Crippen molar-refractivity contribution in [2.24, 2.45) is 5.92 Å². The number of phenolic OH excluding ortho intramolecular Hbond substituents is 1. The van der Waals surface area contributed by atoms with Crippen molar-refractivity contribution in [2.45, 2.75) is 37.2 Å². The summed E-state index contributed by atoms with van der Waals surface area (Å²) in [5.41, 5.74) is 0.825. The molecule has 2 aliphatic rings. The zero-order valence-corrected chi connectivity index (χ0v) is 25.3. The van der Waals surface area contributed by atoms with Crippen LogP contribution in [0.4, 0.5) is 0 Å². The molecule has 228 valence electrons. The first kappa shape index (κ1) is 29.9. The van der Waals surface area contributed by atoms with Gasteiger partial charge in [-0.2, -0.15) is 0 Å². The molecule has 4 atom stereocenters. The van der Waals surface area contributed by atoms with E-state index >= 15 is 0 Å². The highest BCUT2D eigenvalue weighted by molar-refractivity contribution is 6.02. The second kappa shape index (κ2) is 11.6. The topological polar surface area (TPSA) is 119 Å². The number of ether oxygens (including phenoxy) is 7. The maximum Gasteiger partial charge on any atom is 0.345 e. The van der Waals surface area contributed by atoms with Crippen molar-refractivity contribution < 1.29 is 47.9 Å². The minimum absolute atomic E-state index is 0.121. The van der Waals surface area contributed by atoms with Crippen molar-refractivity contribution in [3.05, 3.63) is 64.7 Å². The van der Waals surface area contributed by atoms with Gasteiger partial charge in [0, 0.05) is 41.5 Å². The van der Waals surface area contributed by atoms with Crippen LogP contribution in [0.5, 0.6) is 40.2 Å². The Hall–Kier alpha value is -4.60. The molecule has 1 saturated carbocycles. The van der Waals surface area contributed by atoms with Crippen LogP contribution in [-0.2, 0) is 4.74 Å². The predicted octanol–water partition coefficient (Wildman–Crippen LogP) is 5.53. The molecule has 43 heavy (non-hydrogen) atoms. The molecule has 1 aliphatic heterocycles. The van der Waals surface area contributed by atoms with Gasteiger partial charge >= 0.3 is 5.97 Å². The molecule has 3 aromatic rings. The van der Waals surface area contributed by atoms with E-state index < -0.39 is 29.3 Å². The highest BCUT2D eigenvalue weighted by Gasteiger charge is 2.55. The van der Waals surface area contributed by atoms with Crippen molar-refractivity contribution in [1.82, 2.24) is 0 Å². The number of carbonyl (C=O) groups excluding carboxylic acids is 2. The van der Waals surface area contributed by atoms with Crippen LogP contribution in [0.25, 0.3) is 0 Å². The lowest BCUT2D eigenvalue weighted by Crippen LogP contribution is -2.50. The standard InChI is InChI=1S/C33H36O10/c1-33-15-21(19-10-8-18(38-3)13-24(19)39-4)27(30(35)20-11-9-17(37-2)12-23(20)34)22(16-33)28-25(40-5)14-26(41-6)29(31(28)43-33)32(36)42-7/h8-14,21-22,27,34H,15-16H2,1-7H3/t21-,22+,27-,33+/m1/s1. The Morgan fingerprint density at radius 3 is 2.02 bits per heavy atom. The molecule has 0 saturated heterocycles. The molecule has 1 fully saturated rings. The van der Waals surface area contributed by atoms with Crippen molar-refractivity contribution >= 4 is 11.8 Å². The second-order valence-corrected chi connectivity index (χ2v) is 10.9. The number of benzene rings is 3. The normalized spacial score (nSPS) is 22.0. The first-order valence-electron chi connectivity index (χ1n) is 13.8. The van der Waals surface area contributed by atoms with E-state index in [4.69, 9.17) is 33.2 Å². The predicted molar refractivity (Wildman–Crippen MR) is 157 cm³/mol. The van der Waals surface area contributed by atoms with Gasteiger partial charge in [-0.25, -0.2) is 4.79 Å². The summed E-state index contributed by atoms with van der Waals surface area (Å²) < 4.78 is 39.7. The third kappa shape index (κ3) is 5.04. The number of aromatic hydroxyl groups is 1. The van der Waals surface area contributed by atoms with Crippen LogP contribution in [0.2, 0.25) is 0 Å². The summed E-state index contributed by atoms with van der Waals surface area (Å²) in [6.07, 6.45) is 0.852. The minimum atomic E-state index is -0.799. The summed E-state index contributed by atoms with van der Waals surface area (Å²) in [7, 11) is 8.88. The van der Waals surface area contributed by atoms with Crippen LogP contribution >= 0.6 is 0 Å². The number of phenols is 1. The van der Waals surface area contributed by atoms with Crippen LogP contribution < -0.4 is 28.4 Å². The van der Waals surface area contributed by atoms with Gasteiger partial charge in [-0.15, -0.1) is 0 Å². The highest BCUT2D eigenvalue weighted by Crippen LogP contribution is 2.61. The molecule has 2 bridgehead atoms. The molecular weight excluding hydrogens is 556 g/mol. The fourth-order valence-electron chi connectivity index (χ4n) is 6.69. The van der Waals surface area contributed by atoms with E-state index in [9.17, 15) is 14.7 Å². The van der Waals surface area contributed by atoms with Gasteiger partial charge in [-0.05, 0) is 43.5 Å². The SMILES string of the molecule is COC(=O)c1c(OC)cc(OC)c2c1O[C@@]1(C)C[C@H](c3ccc(OC)cc3OC)[C@@H](C(=O)c3ccc(OC)cc3O)[C@@H]2C1. The fraction of sp³-hybridized carbons (Fsp3) is 0.394. The number of hydrogen-bond donors (Lipinski definition) is 1. The number of carbonyl (C=O) groups is 2. The number of ketones is 1. The Kier molecular flexibility index (Phi) is 8.05. The average Bonchev–Trinajstić information content (AvgIpc) is 3.02. The summed E-state index contributed by atoms with van der Waals surface area (Å²) in [5.74, 6) is -0.238. The zero-order valence-electron chi connectivity index (χ0n) is 25.3. The molecule has 10 heteroatoms. The molecular formula is C33H36O10. The van der Waals surface area contributed by atoms with Gasteiger partial charge in [0.05, 0.1) is 48.2 Å². The minimum Gasteiger partial charge on any atom is -0.507 e. The van der Waals surface area contributed by atoms with Gasteiger partial charge in [0.15, 0.2) is 5.78 Å². The Balaban J connectivity index is 1.79. The quantitative estimate of drug-likeness (QED) is 0.251. The van der Waals surface area contributed by atoms with E-state index in [0.29, 0.717) is 41.4 Å². The van der Waals surface area contributed by atoms with E-state index in [2.05, 4.69) is 0 Å². The molecule has 0 aromatic heterocycles. The fourth-order valence-corrected chi connectivity index (χ4v) is 6.69. The number of Topliss-reactive ketones (excluding diaryl/α,β-unsaturated/α-hetero) is 1. The summed E-state index contributed by atoms with van der Waals surface area (Å²) in [6.45, 7) is 1.96. The lowest BCUT2D eigenvalue weighted by atomic mass is 9.58. The maximum absolute atomic E-state index is 14.7. The first-order valence-corrected chi connectivity index (χ1v) is 13.8. The molecule has 10 nitrogen and oxygen atoms in total. The number of rotatable bonds is 9. The van der Waals surface area contributed by atoms with Gasteiger partial charge in [0.1, 0.15) is 51.4 Å². The summed E-state index contributed by atoms with van der Waals surface area (Å²) in [4.78, 5) is 27.8. The monoisotopic (exact) mass is 592 g/mol. The van der Waals surface area contributed by atoms with Crippen molar-refractivity contribution in [3.8, 4) is 40.2 Å². The third-order valence-electron chi connectivity index (χ3n) is 8.58. The van der Waals surface area contributed by atoms with Crippen LogP contribution in [-0.4, -0.2) is 65.1 Å². The van der Waals surface area contributed by atoms with Crippen molar-refractivity contribution in [3.63, 3.8) is 0 Å². The number of hydrogen-bond acceptors (Lipinski definition) is 10. The Bertz CT molecular complexity index is 1560. The van der Waals surface area contributed by atoms with E-state index in [1.807, 2.05) is 19.1 Å². The average molecular weight is 593 g/mol. The number of methoxy groups -OCH3 is 6. The third-order valence-corrected chi connectivity index (χ3v) is 8.58. The summed E-state index contributed by atoms with van der Waals surface area (Å²) in [5, 5.41) is 11.0. The molecule has 0 spiro atoms. The molecule has 0 unspecified atom stereocenters. The van der Waals surface area contributed by atoms with Crippen molar-refractivity contribution in [1.29, 1.82) is 0 Å². The van der Waals surface area contributed by atoms with E-state index in [0.717, 1.165) is 5.56 Å². The van der Waals surface area contributed by atoms with E-state index in [-0.39, 0.29) is 34.2 Å². The largest absolute Gasteiger partial charge is 0.507 e. The lowest BCUT2D eigenvalue weighted by Gasteiger charge is -2.51. The van der Waals surface area contributed by atoms with Gasteiger partial charge < -0.3 is 38.3 Å². The summed E-state index contributed by atoms with van der Waals surface area (Å²) >= 11 is 0. The molecule has 1 heterocycles. The van der Waals surface area contributed by atoms with E-state index in [1.165, 1.54) is 34.5 Å². The smallest absolute Gasteiger partial charge is 0.345 e. The Labute approximate surface area is 250 Å². The zero-order chi connectivity index (χ0) is 31.1. The molecule has 0 amide bonds. The van der Waals surface area contributed by atoms with Crippen LogP contribution in [0.3, 0.4) is 0 Å². The van der Waals surface area contributed by atoms with Crippen LogP contribution in [0.15, 0.2) is 42.5 Å². The first-order chi connectivity index (χ1) is 20.6. The molecule has 1 aliphatic carbocycles. The van der Waals surface area contributed by atoms with Gasteiger partial charge in [0.25, 0.3) is 0 Å². The molecule has 3 aromatic carbocycles. The Morgan fingerprint density at radius 1 is 0.791 bits per heavy atom. The molecule has 1 N–H and O–H groups in total. The Morgan fingerprint density at radius 2 is 1.42 bits per heavy atom. The van der Waals surface area contributed by atoms with Gasteiger partial charge in [-0.1, -0.05) is 6.07 Å². The number of fused-ring (bicyclic) bond motifs is 4. The maximum atomic E-state index is 14.7. The lowest BCUT2D eigenvalue weighted by molar-refractivity contribution is -0.00914. The highest BCUT2D eigenvalue weighted by atomic mass is 16.5. The van der Waals surface area contributed by atoms with Gasteiger partial charge in [0.2, 0.25) is 0 Å². The molecule has 5 rings (SSSR count). The van der Waals surface area contributed by atoms with Crippen molar-refractivity contribution in [2.75, 3.05) is 42.7 Å². The van der Waals surface area contributed by atoms with Crippen LogP contribution in [0, 0.1) is 5.92 Å². The van der Waals surface area contributed by atoms with Crippen LogP contribution in [0.1, 0.15) is 63.4 Å². The number of esters is 1. The van der Waals surface area contributed by atoms with E-state index in [1.54, 1.807) is 38.5 Å². The van der Waals surface area contributed by atoms with Gasteiger partial charge in [-0.3, -0.25) is 4.79 Å².